The monoisotopic (exact) mass is 555 g/mol. The molecule has 1 heterocycles. The van der Waals surface area contributed by atoms with Crippen LogP contribution in [0.1, 0.15) is 42.1 Å². The first-order valence-corrected chi connectivity index (χ1v) is 12.8. The number of carbonyl (C=O) groups excluding carboxylic acids is 2. The summed E-state index contributed by atoms with van der Waals surface area (Å²) in [5.41, 5.74) is 1.86. The third-order valence-corrected chi connectivity index (χ3v) is 7.85. The van der Waals surface area contributed by atoms with Crippen molar-refractivity contribution < 1.29 is 31.5 Å². The Morgan fingerprint density at radius 3 is 2.40 bits per heavy atom. The van der Waals surface area contributed by atoms with E-state index in [1.54, 1.807) is 12.1 Å². The van der Waals surface area contributed by atoms with Crippen molar-refractivity contribution in [3.63, 3.8) is 0 Å². The fourth-order valence-corrected chi connectivity index (χ4v) is 5.61. The molecule has 1 fully saturated rings. The van der Waals surface area contributed by atoms with Crippen molar-refractivity contribution in [3.05, 3.63) is 83.2 Å². The lowest BCUT2D eigenvalue weighted by Crippen LogP contribution is -2.37. The molecule has 0 radical (unpaired) electrons. The van der Waals surface area contributed by atoms with Gasteiger partial charge in [0.15, 0.2) is 0 Å². The first-order chi connectivity index (χ1) is 19.0. The maximum absolute atomic E-state index is 15.5. The Hall–Kier alpha value is -4.08. The van der Waals surface area contributed by atoms with Crippen LogP contribution >= 0.6 is 0 Å². The molecule has 1 saturated carbocycles. The SMILES string of the molecule is Cc1nc2cc(-c3ccc(C4CCCC(C(=O)Nc5ccc(C(F)(F)F)cc5F)[C@@H]4C=O)c(F)c3)ccc2n1C. The van der Waals surface area contributed by atoms with E-state index >= 15 is 4.39 Å². The number of amides is 1. The summed E-state index contributed by atoms with van der Waals surface area (Å²) in [4.78, 5) is 29.7. The molecule has 0 saturated heterocycles. The minimum Gasteiger partial charge on any atom is -0.331 e. The number of nitrogens with zero attached hydrogens (tertiary/aromatic N) is 2. The number of aromatic nitrogens is 2. The van der Waals surface area contributed by atoms with E-state index in [1.807, 2.05) is 36.7 Å². The van der Waals surface area contributed by atoms with Crippen molar-refractivity contribution in [2.45, 2.75) is 38.3 Å². The highest BCUT2D eigenvalue weighted by Gasteiger charge is 2.39. The molecule has 208 valence electrons. The smallest absolute Gasteiger partial charge is 0.331 e. The van der Waals surface area contributed by atoms with Gasteiger partial charge >= 0.3 is 6.18 Å². The maximum Gasteiger partial charge on any atom is 0.416 e. The third kappa shape index (κ3) is 5.10. The molecule has 3 aromatic carbocycles. The van der Waals surface area contributed by atoms with Crippen LogP contribution < -0.4 is 5.32 Å². The van der Waals surface area contributed by atoms with Gasteiger partial charge in [0, 0.05) is 18.9 Å². The van der Waals surface area contributed by atoms with Crippen molar-refractivity contribution in [3.8, 4) is 11.1 Å². The summed E-state index contributed by atoms with van der Waals surface area (Å²) in [6, 6.07) is 12.3. The Bertz CT molecular complexity index is 1610. The van der Waals surface area contributed by atoms with Crippen molar-refractivity contribution >= 4 is 28.9 Å². The predicted octanol–water partition coefficient (Wildman–Crippen LogP) is 7.18. The number of hydrogen-bond donors (Lipinski definition) is 1. The Morgan fingerprint density at radius 2 is 1.73 bits per heavy atom. The van der Waals surface area contributed by atoms with E-state index in [0.29, 0.717) is 48.8 Å². The first kappa shape index (κ1) is 27.5. The van der Waals surface area contributed by atoms with Gasteiger partial charge in [0.2, 0.25) is 5.91 Å². The molecule has 5 rings (SSSR count). The lowest BCUT2D eigenvalue weighted by atomic mass is 9.69. The molecular weight excluding hydrogens is 529 g/mol. The highest BCUT2D eigenvalue weighted by atomic mass is 19.4. The maximum atomic E-state index is 15.5. The second-order valence-corrected chi connectivity index (χ2v) is 10.2. The molecule has 40 heavy (non-hydrogen) atoms. The molecule has 1 aromatic heterocycles. The van der Waals surface area contributed by atoms with Gasteiger partial charge < -0.3 is 14.7 Å². The van der Waals surface area contributed by atoms with Crippen LogP contribution in [-0.2, 0) is 22.8 Å². The van der Waals surface area contributed by atoms with E-state index in [0.717, 1.165) is 28.5 Å². The van der Waals surface area contributed by atoms with Crippen LogP contribution in [0, 0.1) is 30.4 Å². The third-order valence-electron chi connectivity index (χ3n) is 7.85. The van der Waals surface area contributed by atoms with Crippen molar-refractivity contribution in [1.82, 2.24) is 9.55 Å². The standard InChI is InChI=1S/C30H26F5N3O2/c1-16-36-27-13-18(7-11-28(27)38(16)2)17-6-9-21(24(31)12-17)20-4-3-5-22(23(20)15-39)29(40)37-26-10-8-19(14-25(26)32)30(33,34)35/h6-15,20,22-23H,3-5H2,1-2H3,(H,37,40)/t20?,22?,23-/m1/s1. The number of imidazole rings is 1. The van der Waals surface area contributed by atoms with E-state index in [9.17, 15) is 27.2 Å². The number of carbonyl (C=O) groups is 2. The van der Waals surface area contributed by atoms with Crippen LogP contribution in [0.3, 0.4) is 0 Å². The fraction of sp³-hybridized carbons (Fsp3) is 0.300. The Labute approximate surface area is 227 Å². The summed E-state index contributed by atoms with van der Waals surface area (Å²) < 4.78 is 70.4. The Morgan fingerprint density at radius 1 is 1.00 bits per heavy atom. The number of fused-ring (bicyclic) bond motifs is 1. The molecule has 5 nitrogen and oxygen atoms in total. The van der Waals surface area contributed by atoms with Gasteiger partial charge in [0.1, 0.15) is 23.7 Å². The normalized spacial score (nSPS) is 19.5. The minimum absolute atomic E-state index is 0.300. The van der Waals surface area contributed by atoms with Gasteiger partial charge in [-0.25, -0.2) is 13.8 Å². The number of aldehydes is 1. The molecule has 10 heteroatoms. The molecule has 1 amide bonds. The van der Waals surface area contributed by atoms with Gasteiger partial charge in [-0.3, -0.25) is 4.79 Å². The largest absolute Gasteiger partial charge is 0.416 e. The van der Waals surface area contributed by atoms with Crippen LogP contribution in [-0.4, -0.2) is 21.7 Å². The Kier molecular flexibility index (Phi) is 7.20. The average Bonchev–Trinajstić information content (AvgIpc) is 3.21. The highest BCUT2D eigenvalue weighted by molar-refractivity contribution is 5.94. The van der Waals surface area contributed by atoms with Crippen LogP contribution in [0.15, 0.2) is 54.6 Å². The summed E-state index contributed by atoms with van der Waals surface area (Å²) in [6.45, 7) is 1.90. The second-order valence-electron chi connectivity index (χ2n) is 10.2. The van der Waals surface area contributed by atoms with Crippen molar-refractivity contribution in [2.75, 3.05) is 5.32 Å². The summed E-state index contributed by atoms with van der Waals surface area (Å²) in [5, 5.41) is 2.32. The lowest BCUT2D eigenvalue weighted by Gasteiger charge is -2.34. The molecule has 0 aliphatic heterocycles. The summed E-state index contributed by atoms with van der Waals surface area (Å²) in [5.74, 6) is -3.97. The van der Waals surface area contributed by atoms with E-state index < -0.39 is 52.7 Å². The number of benzene rings is 3. The number of aryl methyl sites for hydroxylation is 2. The predicted molar refractivity (Wildman–Crippen MR) is 141 cm³/mol. The van der Waals surface area contributed by atoms with Gasteiger partial charge in [-0.2, -0.15) is 13.2 Å². The van der Waals surface area contributed by atoms with Crippen LogP contribution in [0.4, 0.5) is 27.6 Å². The van der Waals surface area contributed by atoms with Crippen LogP contribution in [0.2, 0.25) is 0 Å². The van der Waals surface area contributed by atoms with Gasteiger partial charge in [-0.15, -0.1) is 0 Å². The molecule has 2 unspecified atom stereocenters. The number of anilines is 1. The molecule has 1 aliphatic carbocycles. The van der Waals surface area contributed by atoms with E-state index in [2.05, 4.69) is 10.3 Å². The Balaban J connectivity index is 1.37. The number of alkyl halides is 3. The van der Waals surface area contributed by atoms with Crippen LogP contribution in [0.25, 0.3) is 22.2 Å². The second kappa shape index (κ2) is 10.5. The molecule has 0 bridgehead atoms. The first-order valence-electron chi connectivity index (χ1n) is 12.8. The van der Waals surface area contributed by atoms with Crippen LogP contribution in [0.5, 0.6) is 0 Å². The summed E-state index contributed by atoms with van der Waals surface area (Å²) in [7, 11) is 1.92. The topological polar surface area (TPSA) is 64.0 Å². The molecule has 4 aromatic rings. The zero-order chi connectivity index (χ0) is 28.8. The molecular formula is C30H26F5N3O2. The average molecular weight is 556 g/mol. The van der Waals surface area contributed by atoms with E-state index in [-0.39, 0.29) is 0 Å². The van der Waals surface area contributed by atoms with E-state index in [4.69, 9.17) is 0 Å². The quantitative estimate of drug-likeness (QED) is 0.210. The van der Waals surface area contributed by atoms with Crippen molar-refractivity contribution in [1.29, 1.82) is 0 Å². The summed E-state index contributed by atoms with van der Waals surface area (Å²) >= 11 is 0. The van der Waals surface area contributed by atoms with E-state index in [1.165, 1.54) is 6.07 Å². The lowest BCUT2D eigenvalue weighted by molar-refractivity contribution is -0.137. The van der Waals surface area contributed by atoms with Crippen molar-refractivity contribution in [2.24, 2.45) is 18.9 Å². The van der Waals surface area contributed by atoms with Gasteiger partial charge in [-0.05, 0) is 78.8 Å². The number of nitrogens with one attached hydrogen (secondary N) is 1. The summed E-state index contributed by atoms with van der Waals surface area (Å²) in [6.07, 6.45) is -2.83. The minimum atomic E-state index is -4.73. The molecule has 0 spiro atoms. The molecule has 1 N–H and O–H groups in total. The fourth-order valence-electron chi connectivity index (χ4n) is 5.61. The number of halogens is 5. The van der Waals surface area contributed by atoms with Gasteiger partial charge in [0.05, 0.1) is 22.3 Å². The number of rotatable bonds is 5. The molecule has 1 aliphatic rings. The highest BCUT2D eigenvalue weighted by Crippen LogP contribution is 2.42. The van der Waals surface area contributed by atoms with Gasteiger partial charge in [0.25, 0.3) is 0 Å². The zero-order valence-corrected chi connectivity index (χ0v) is 21.7. The number of hydrogen-bond acceptors (Lipinski definition) is 3. The zero-order valence-electron chi connectivity index (χ0n) is 21.7. The molecule has 3 atom stereocenters. The van der Waals surface area contributed by atoms with Gasteiger partial charge in [-0.1, -0.05) is 24.6 Å².